The fourth-order valence-electron chi connectivity index (χ4n) is 5.08. The van der Waals surface area contributed by atoms with Gasteiger partial charge >= 0.3 is 0 Å². The van der Waals surface area contributed by atoms with E-state index in [-0.39, 0.29) is 65.4 Å². The Morgan fingerprint density at radius 1 is 1.19 bits per heavy atom. The second kappa shape index (κ2) is 10.7. The number of likely N-dealkylation sites (tertiary alicyclic amines) is 1. The molecular formula is C23H31BrN6O6. The largest absolute Gasteiger partial charge is 0.375 e. The standard InChI is InChI=1S/C23H31BrN6O6/c1-12-9-29(10-13(2)36-12)23(33)17-4-14(24)5-19(30(34)35)21(17)26-15-6-18(25-8-15)22(32)27-16-7-20(31)28(3)11-16/h4-5,12-13,15-16,18,25-26H,6-11H2,1-3H3,(H,27,32)/t12-,13+,15-,16+,18+/m1/s1. The molecule has 0 spiro atoms. The first-order chi connectivity index (χ1) is 17.0. The average molecular weight is 567 g/mol. The maximum Gasteiger partial charge on any atom is 0.294 e. The fraction of sp³-hybridized carbons (Fsp3) is 0.609. The van der Waals surface area contributed by atoms with Crippen molar-refractivity contribution >= 4 is 45.0 Å². The minimum absolute atomic E-state index is 0.0111. The smallest absolute Gasteiger partial charge is 0.294 e. The van der Waals surface area contributed by atoms with Crippen LogP contribution in [0.4, 0.5) is 11.4 Å². The number of halogens is 1. The number of benzene rings is 1. The van der Waals surface area contributed by atoms with Crippen LogP contribution < -0.4 is 16.0 Å². The molecule has 12 nitrogen and oxygen atoms in total. The third-order valence-electron chi connectivity index (χ3n) is 6.70. The summed E-state index contributed by atoms with van der Waals surface area (Å²) < 4.78 is 6.15. The number of nitrogens with zero attached hydrogens (tertiary/aromatic N) is 3. The molecule has 0 aliphatic carbocycles. The molecule has 0 unspecified atom stereocenters. The van der Waals surface area contributed by atoms with Gasteiger partial charge in [-0.05, 0) is 26.3 Å². The number of nitro benzene ring substituents is 1. The molecule has 3 fully saturated rings. The van der Waals surface area contributed by atoms with Gasteiger partial charge in [-0.15, -0.1) is 0 Å². The van der Waals surface area contributed by atoms with E-state index in [1.54, 1.807) is 22.9 Å². The molecule has 1 aromatic carbocycles. The van der Waals surface area contributed by atoms with E-state index in [2.05, 4.69) is 31.9 Å². The Labute approximate surface area is 217 Å². The molecule has 3 N–H and O–H groups in total. The van der Waals surface area contributed by atoms with E-state index < -0.39 is 11.0 Å². The van der Waals surface area contributed by atoms with Crippen molar-refractivity contribution in [3.05, 3.63) is 32.3 Å². The molecule has 0 radical (unpaired) electrons. The number of amides is 3. The lowest BCUT2D eigenvalue weighted by Gasteiger charge is -2.35. The Morgan fingerprint density at radius 3 is 2.50 bits per heavy atom. The molecule has 5 atom stereocenters. The van der Waals surface area contributed by atoms with E-state index in [1.165, 1.54) is 6.07 Å². The first-order valence-corrected chi connectivity index (χ1v) is 12.8. The van der Waals surface area contributed by atoms with Gasteiger partial charge in [0.1, 0.15) is 5.69 Å². The van der Waals surface area contributed by atoms with Gasteiger partial charge < -0.3 is 30.5 Å². The summed E-state index contributed by atoms with van der Waals surface area (Å²) in [6.45, 7) is 5.38. The van der Waals surface area contributed by atoms with Crippen LogP contribution in [0.15, 0.2) is 16.6 Å². The van der Waals surface area contributed by atoms with Crippen molar-refractivity contribution in [1.82, 2.24) is 20.4 Å². The maximum absolute atomic E-state index is 13.5. The number of rotatable bonds is 6. The Balaban J connectivity index is 1.50. The van der Waals surface area contributed by atoms with Crippen LogP contribution in [0, 0.1) is 10.1 Å². The van der Waals surface area contributed by atoms with Gasteiger partial charge in [0.05, 0.1) is 34.8 Å². The van der Waals surface area contributed by atoms with Gasteiger partial charge in [0.15, 0.2) is 0 Å². The second-order valence-corrected chi connectivity index (χ2v) is 10.7. The number of morpholine rings is 1. The van der Waals surface area contributed by atoms with Crippen molar-refractivity contribution in [3.63, 3.8) is 0 Å². The number of nitro groups is 1. The van der Waals surface area contributed by atoms with Crippen LogP contribution in [0.2, 0.25) is 0 Å². The number of likely N-dealkylation sites (N-methyl/N-ethyl adjacent to an activating group) is 1. The second-order valence-electron chi connectivity index (χ2n) is 9.79. The molecule has 3 heterocycles. The van der Waals surface area contributed by atoms with Crippen molar-refractivity contribution in [2.75, 3.05) is 38.5 Å². The average Bonchev–Trinajstić information content (AvgIpc) is 3.39. The van der Waals surface area contributed by atoms with E-state index in [0.29, 0.717) is 37.1 Å². The molecule has 13 heteroatoms. The summed E-state index contributed by atoms with van der Waals surface area (Å²) in [5.74, 6) is -0.549. The quantitative estimate of drug-likeness (QED) is 0.342. The summed E-state index contributed by atoms with van der Waals surface area (Å²) in [5.41, 5.74) is 0.108. The summed E-state index contributed by atoms with van der Waals surface area (Å²) in [4.78, 5) is 52.6. The highest BCUT2D eigenvalue weighted by atomic mass is 79.9. The van der Waals surface area contributed by atoms with Gasteiger partial charge in [0.2, 0.25) is 11.8 Å². The first kappa shape index (κ1) is 26.3. The van der Waals surface area contributed by atoms with Crippen LogP contribution in [0.25, 0.3) is 0 Å². The number of hydrogen-bond acceptors (Lipinski definition) is 8. The monoisotopic (exact) mass is 566 g/mol. The van der Waals surface area contributed by atoms with Gasteiger partial charge in [-0.1, -0.05) is 15.9 Å². The van der Waals surface area contributed by atoms with E-state index in [0.717, 1.165) is 0 Å². The highest BCUT2D eigenvalue weighted by molar-refractivity contribution is 9.10. The van der Waals surface area contributed by atoms with Crippen LogP contribution in [-0.2, 0) is 14.3 Å². The number of ether oxygens (including phenoxy) is 1. The Bertz CT molecular complexity index is 1060. The highest BCUT2D eigenvalue weighted by Crippen LogP contribution is 2.35. The predicted molar refractivity (Wildman–Crippen MR) is 135 cm³/mol. The fourth-order valence-corrected chi connectivity index (χ4v) is 5.53. The van der Waals surface area contributed by atoms with E-state index in [4.69, 9.17) is 4.74 Å². The number of nitrogens with one attached hydrogen (secondary N) is 3. The minimum Gasteiger partial charge on any atom is -0.375 e. The number of carbonyl (C=O) groups excluding carboxylic acids is 3. The summed E-state index contributed by atoms with van der Waals surface area (Å²) in [6, 6.07) is 1.88. The van der Waals surface area contributed by atoms with Crippen LogP contribution in [0.1, 0.15) is 37.0 Å². The molecule has 0 saturated carbocycles. The van der Waals surface area contributed by atoms with Crippen LogP contribution in [0.3, 0.4) is 0 Å². The van der Waals surface area contributed by atoms with Crippen LogP contribution in [0.5, 0.6) is 0 Å². The molecule has 4 rings (SSSR count). The Morgan fingerprint density at radius 2 is 1.89 bits per heavy atom. The zero-order valence-corrected chi connectivity index (χ0v) is 22.0. The number of anilines is 1. The van der Waals surface area contributed by atoms with Gasteiger partial charge in [-0.3, -0.25) is 24.5 Å². The summed E-state index contributed by atoms with van der Waals surface area (Å²) in [5, 5.41) is 21.1. The molecule has 0 bridgehead atoms. The normalized spacial score (nSPS) is 28.3. The Kier molecular flexibility index (Phi) is 7.81. The molecule has 0 aromatic heterocycles. The summed E-state index contributed by atoms with van der Waals surface area (Å²) in [6.07, 6.45) is 0.342. The van der Waals surface area contributed by atoms with Crippen molar-refractivity contribution in [1.29, 1.82) is 0 Å². The molecule has 3 aliphatic heterocycles. The third-order valence-corrected chi connectivity index (χ3v) is 7.16. The van der Waals surface area contributed by atoms with Crippen molar-refractivity contribution < 1.29 is 24.0 Å². The van der Waals surface area contributed by atoms with Crippen LogP contribution in [-0.4, -0.2) is 96.0 Å². The van der Waals surface area contributed by atoms with Crippen molar-refractivity contribution in [2.24, 2.45) is 0 Å². The molecule has 3 aliphatic rings. The Hall–Kier alpha value is -2.77. The third kappa shape index (κ3) is 5.79. The zero-order valence-electron chi connectivity index (χ0n) is 20.5. The zero-order chi connectivity index (χ0) is 26.1. The summed E-state index contributed by atoms with van der Waals surface area (Å²) in [7, 11) is 1.70. The molecule has 1 aromatic rings. The van der Waals surface area contributed by atoms with Crippen molar-refractivity contribution in [2.45, 2.75) is 57.0 Å². The van der Waals surface area contributed by atoms with Gasteiger partial charge in [0, 0.05) is 56.2 Å². The van der Waals surface area contributed by atoms with Crippen LogP contribution >= 0.6 is 15.9 Å². The van der Waals surface area contributed by atoms with E-state index >= 15 is 0 Å². The van der Waals surface area contributed by atoms with E-state index in [1.807, 2.05) is 13.8 Å². The van der Waals surface area contributed by atoms with Gasteiger partial charge in [-0.25, -0.2) is 0 Å². The molecular weight excluding hydrogens is 536 g/mol. The summed E-state index contributed by atoms with van der Waals surface area (Å²) >= 11 is 3.30. The number of hydrogen-bond donors (Lipinski definition) is 3. The molecule has 36 heavy (non-hydrogen) atoms. The minimum atomic E-state index is -0.519. The predicted octanol–water partition coefficient (Wildman–Crippen LogP) is 1.10. The van der Waals surface area contributed by atoms with E-state index in [9.17, 15) is 24.5 Å². The van der Waals surface area contributed by atoms with Gasteiger partial charge in [-0.2, -0.15) is 0 Å². The maximum atomic E-state index is 13.5. The SMILES string of the molecule is C[C@@H]1CN(C(=O)c2cc(Br)cc([N+](=O)[O-])c2N[C@H]2CN[C@H](C(=O)N[C@H]3CC(=O)N(C)C3)C2)C[C@H](C)O1. The molecule has 3 amide bonds. The lowest BCUT2D eigenvalue weighted by Crippen LogP contribution is -2.48. The molecule has 196 valence electrons. The topological polar surface area (TPSA) is 146 Å². The lowest BCUT2D eigenvalue weighted by atomic mass is 10.1. The molecule has 3 saturated heterocycles. The first-order valence-electron chi connectivity index (χ1n) is 12.0. The van der Waals surface area contributed by atoms with Crippen molar-refractivity contribution in [3.8, 4) is 0 Å². The highest BCUT2D eigenvalue weighted by Gasteiger charge is 2.36. The lowest BCUT2D eigenvalue weighted by molar-refractivity contribution is -0.384. The van der Waals surface area contributed by atoms with Gasteiger partial charge in [0.25, 0.3) is 11.6 Å². The number of carbonyl (C=O) groups is 3.